The smallest absolute Gasteiger partial charge is 0.341 e. The van der Waals surface area contributed by atoms with Crippen molar-refractivity contribution in [2.24, 2.45) is 0 Å². The number of amides is 2. The predicted molar refractivity (Wildman–Crippen MR) is 109 cm³/mol. The highest BCUT2D eigenvalue weighted by molar-refractivity contribution is 6.01. The van der Waals surface area contributed by atoms with Crippen molar-refractivity contribution in [3.63, 3.8) is 0 Å². The molecule has 1 N–H and O–H groups in total. The van der Waals surface area contributed by atoms with Gasteiger partial charge < -0.3 is 14.6 Å². The molecule has 0 atom stereocenters. The van der Waals surface area contributed by atoms with Crippen LogP contribution >= 0.6 is 0 Å². The Hall–Kier alpha value is -4.02. The second-order valence-electron chi connectivity index (χ2n) is 6.57. The van der Waals surface area contributed by atoms with Crippen LogP contribution in [0.15, 0.2) is 42.7 Å². The van der Waals surface area contributed by atoms with Gasteiger partial charge in [-0.05, 0) is 31.2 Å². The maximum Gasteiger partial charge on any atom is 0.341 e. The largest absolute Gasteiger partial charge is 0.492 e. The molecule has 1 aliphatic rings. The number of nitrogens with zero attached hydrogens (tertiary/aromatic N) is 4. The fraction of sp³-hybridized carbons (Fsp3) is 0.286. The molecular formula is C21H21FN4O6. The summed E-state index contributed by atoms with van der Waals surface area (Å²) in [7, 11) is 0. The summed E-state index contributed by atoms with van der Waals surface area (Å²) in [5, 5.41) is 12.7. The van der Waals surface area contributed by atoms with Crippen LogP contribution < -0.4 is 9.47 Å². The molecule has 1 saturated heterocycles. The van der Waals surface area contributed by atoms with Crippen molar-refractivity contribution >= 4 is 23.4 Å². The van der Waals surface area contributed by atoms with E-state index in [1.165, 1.54) is 39.9 Å². The van der Waals surface area contributed by atoms with Gasteiger partial charge in [-0.3, -0.25) is 14.5 Å². The van der Waals surface area contributed by atoms with Gasteiger partial charge in [-0.2, -0.15) is 10.1 Å². The normalized spacial score (nSPS) is 13.1. The van der Waals surface area contributed by atoms with Crippen molar-refractivity contribution in [1.82, 2.24) is 19.5 Å². The third-order valence-corrected chi connectivity index (χ3v) is 4.42. The molecule has 0 unspecified atom stereocenters. The molecule has 2 amide bonds. The maximum absolute atomic E-state index is 12.6. The first-order valence-electron chi connectivity index (χ1n) is 9.81. The molecular weight excluding hydrogens is 423 g/mol. The zero-order valence-corrected chi connectivity index (χ0v) is 17.2. The third-order valence-electron chi connectivity index (χ3n) is 4.42. The molecule has 3 heterocycles. The van der Waals surface area contributed by atoms with Gasteiger partial charge in [-0.1, -0.05) is 0 Å². The first kappa shape index (κ1) is 22.7. The summed E-state index contributed by atoms with van der Waals surface area (Å²) in [6.07, 6.45) is 3.45. The minimum Gasteiger partial charge on any atom is -0.492 e. The molecule has 11 heteroatoms. The minimum atomic E-state index is -1.05. The van der Waals surface area contributed by atoms with E-state index in [0.717, 1.165) is 0 Å². The van der Waals surface area contributed by atoms with Gasteiger partial charge in [-0.15, -0.1) is 0 Å². The number of aromatic nitrogens is 3. The highest BCUT2D eigenvalue weighted by Gasteiger charge is 2.28. The quantitative estimate of drug-likeness (QED) is 0.550. The Morgan fingerprint density at radius 3 is 2.44 bits per heavy atom. The number of likely N-dealkylation sites (tertiary alicyclic amines) is 1. The number of carbonyl (C=O) groups is 3. The van der Waals surface area contributed by atoms with Crippen molar-refractivity contribution in [1.29, 1.82) is 0 Å². The summed E-state index contributed by atoms with van der Waals surface area (Å²) in [6, 6.07) is 7.23. The number of fused-ring (bicyclic) bond motifs is 1. The van der Waals surface area contributed by atoms with Crippen LogP contribution in [0, 0.1) is 5.82 Å². The lowest BCUT2D eigenvalue weighted by Crippen LogP contribution is -2.33. The molecule has 3 aromatic rings. The zero-order valence-electron chi connectivity index (χ0n) is 17.2. The number of hydrogen-bond acceptors (Lipinski definition) is 7. The fourth-order valence-electron chi connectivity index (χ4n) is 2.89. The van der Waals surface area contributed by atoms with Crippen LogP contribution in [0.25, 0.3) is 5.65 Å². The monoisotopic (exact) mass is 444 g/mol. The van der Waals surface area contributed by atoms with Gasteiger partial charge in [0.25, 0.3) is 0 Å². The van der Waals surface area contributed by atoms with Crippen molar-refractivity contribution in [3.05, 3.63) is 54.1 Å². The standard InChI is InChI=1S/C12H12FNO3.C9H9N3O3/c13-9-1-3-10(4-2-9)17-8-7-14-11(15)5-6-12(14)16;1-2-15-7-3-4-12-8(11-7)6(5-10-12)9(13)14/h1-4H,5-8H2;3-5H,2H2,1H3,(H,13,14). The number of hydrogen-bond donors (Lipinski definition) is 1. The Kier molecular flexibility index (Phi) is 7.32. The molecule has 1 fully saturated rings. The van der Waals surface area contributed by atoms with Gasteiger partial charge >= 0.3 is 5.97 Å². The van der Waals surface area contributed by atoms with Crippen LogP contribution in [-0.4, -0.2) is 62.1 Å². The second kappa shape index (κ2) is 10.3. The molecule has 10 nitrogen and oxygen atoms in total. The Morgan fingerprint density at radius 2 is 1.81 bits per heavy atom. The summed E-state index contributed by atoms with van der Waals surface area (Å²) in [5.41, 5.74) is 0.352. The average molecular weight is 444 g/mol. The number of carboxylic acids is 1. The topological polar surface area (TPSA) is 123 Å². The van der Waals surface area contributed by atoms with E-state index in [2.05, 4.69) is 10.1 Å². The van der Waals surface area contributed by atoms with Crippen LogP contribution in [0.4, 0.5) is 4.39 Å². The van der Waals surface area contributed by atoms with Crippen molar-refractivity contribution in [3.8, 4) is 11.6 Å². The van der Waals surface area contributed by atoms with Gasteiger partial charge in [0.15, 0.2) is 5.65 Å². The lowest BCUT2D eigenvalue weighted by atomic mass is 10.3. The Balaban J connectivity index is 0.000000182. The van der Waals surface area contributed by atoms with Crippen LogP contribution in [0.3, 0.4) is 0 Å². The van der Waals surface area contributed by atoms with Gasteiger partial charge in [0.1, 0.15) is 23.7 Å². The SMILES string of the molecule is CCOc1ccn2ncc(C(=O)O)c2n1.O=C1CCC(=O)N1CCOc1ccc(F)cc1. The van der Waals surface area contributed by atoms with E-state index in [0.29, 0.717) is 18.2 Å². The molecule has 2 aromatic heterocycles. The van der Waals surface area contributed by atoms with Crippen molar-refractivity contribution < 1.29 is 33.4 Å². The molecule has 0 saturated carbocycles. The Labute approximate surface area is 182 Å². The fourth-order valence-corrected chi connectivity index (χ4v) is 2.89. The van der Waals surface area contributed by atoms with Crippen LogP contribution in [0.1, 0.15) is 30.1 Å². The number of aromatic carboxylic acids is 1. The highest BCUT2D eigenvalue weighted by Crippen LogP contribution is 2.14. The molecule has 4 rings (SSSR count). The lowest BCUT2D eigenvalue weighted by Gasteiger charge is -2.14. The highest BCUT2D eigenvalue weighted by atomic mass is 19.1. The number of rotatable bonds is 7. The van der Waals surface area contributed by atoms with Gasteiger partial charge in [0, 0.05) is 25.1 Å². The van der Waals surface area contributed by atoms with Crippen LogP contribution in [0.2, 0.25) is 0 Å². The number of carbonyl (C=O) groups excluding carboxylic acids is 2. The van der Waals surface area contributed by atoms with Gasteiger partial charge in [0.2, 0.25) is 17.7 Å². The van der Waals surface area contributed by atoms with Gasteiger partial charge in [0.05, 0.1) is 19.3 Å². The number of imide groups is 1. The first-order valence-corrected chi connectivity index (χ1v) is 9.81. The second-order valence-corrected chi connectivity index (χ2v) is 6.57. The molecule has 32 heavy (non-hydrogen) atoms. The Bertz CT molecular complexity index is 1100. The number of halogens is 1. The lowest BCUT2D eigenvalue weighted by molar-refractivity contribution is -0.138. The van der Waals surface area contributed by atoms with E-state index in [9.17, 15) is 18.8 Å². The minimum absolute atomic E-state index is 0.0663. The van der Waals surface area contributed by atoms with E-state index in [1.807, 2.05) is 6.92 Å². The number of benzene rings is 1. The van der Waals surface area contributed by atoms with Crippen molar-refractivity contribution in [2.75, 3.05) is 19.8 Å². The third kappa shape index (κ3) is 5.56. The summed E-state index contributed by atoms with van der Waals surface area (Å²) < 4.78 is 24.5. The summed E-state index contributed by atoms with van der Waals surface area (Å²) in [5.74, 6) is -0.776. The van der Waals surface area contributed by atoms with Crippen LogP contribution in [0.5, 0.6) is 11.6 Å². The number of ether oxygens (including phenoxy) is 2. The number of carboxylic acid groups (broad SMARTS) is 1. The van der Waals surface area contributed by atoms with Gasteiger partial charge in [-0.25, -0.2) is 13.7 Å². The molecule has 1 aliphatic heterocycles. The Morgan fingerprint density at radius 1 is 1.12 bits per heavy atom. The summed E-state index contributed by atoms with van der Waals surface area (Å²) >= 11 is 0. The van der Waals surface area contributed by atoms with E-state index in [-0.39, 0.29) is 54.8 Å². The van der Waals surface area contributed by atoms with E-state index < -0.39 is 5.97 Å². The van der Waals surface area contributed by atoms with E-state index in [4.69, 9.17) is 14.6 Å². The molecule has 0 aliphatic carbocycles. The van der Waals surface area contributed by atoms with E-state index >= 15 is 0 Å². The van der Waals surface area contributed by atoms with Crippen molar-refractivity contribution in [2.45, 2.75) is 19.8 Å². The summed E-state index contributed by atoms with van der Waals surface area (Å²) in [4.78, 5) is 38.6. The molecule has 0 radical (unpaired) electrons. The maximum atomic E-state index is 12.6. The predicted octanol–water partition coefficient (Wildman–Crippen LogP) is 2.18. The van der Waals surface area contributed by atoms with Crippen LogP contribution in [-0.2, 0) is 9.59 Å². The molecule has 168 valence electrons. The molecule has 1 aromatic carbocycles. The molecule has 0 bridgehead atoms. The van der Waals surface area contributed by atoms with E-state index in [1.54, 1.807) is 12.3 Å². The molecule has 0 spiro atoms. The first-order chi connectivity index (χ1) is 15.4. The average Bonchev–Trinajstić information content (AvgIpc) is 3.34. The zero-order chi connectivity index (χ0) is 23.1. The summed E-state index contributed by atoms with van der Waals surface area (Å²) in [6.45, 7) is 2.79.